The van der Waals surface area contributed by atoms with Crippen molar-refractivity contribution in [3.63, 3.8) is 0 Å². The molecule has 0 aromatic heterocycles. The number of benzene rings is 2. The fraction of sp³-hybridized carbons (Fsp3) is 0.500. The lowest BCUT2D eigenvalue weighted by Gasteiger charge is -2.33. The Morgan fingerprint density at radius 2 is 1.65 bits per heavy atom. The van der Waals surface area contributed by atoms with Crippen LogP contribution < -0.4 is 9.62 Å². The number of anilines is 1. The SMILES string of the molecule is CCCCNC(=O)C(CC)N(Cc1ccccc1Cl)C(=O)CN(c1ccc(C(C)(C)C)cc1)S(C)(=O)=O. The van der Waals surface area contributed by atoms with Gasteiger partial charge in [0.1, 0.15) is 12.6 Å². The zero-order valence-corrected chi connectivity index (χ0v) is 24.3. The lowest BCUT2D eigenvalue weighted by molar-refractivity contribution is -0.140. The van der Waals surface area contributed by atoms with Crippen LogP contribution in [0.15, 0.2) is 48.5 Å². The number of rotatable bonds is 12. The Hall–Kier alpha value is -2.58. The Balaban J connectivity index is 2.43. The number of unbranched alkanes of at least 4 members (excludes halogenated alkanes) is 1. The van der Waals surface area contributed by atoms with Gasteiger partial charge in [0.15, 0.2) is 0 Å². The Labute approximate surface area is 227 Å². The summed E-state index contributed by atoms with van der Waals surface area (Å²) in [5.41, 5.74) is 2.01. The summed E-state index contributed by atoms with van der Waals surface area (Å²) in [4.78, 5) is 28.3. The molecule has 2 aromatic rings. The molecule has 0 bridgehead atoms. The summed E-state index contributed by atoms with van der Waals surface area (Å²) in [6.45, 7) is 10.2. The van der Waals surface area contributed by atoms with Crippen LogP contribution >= 0.6 is 11.6 Å². The van der Waals surface area contributed by atoms with Crippen LogP contribution in [0, 0.1) is 0 Å². The van der Waals surface area contributed by atoms with Gasteiger partial charge in [-0.1, -0.05) is 83.0 Å². The smallest absolute Gasteiger partial charge is 0.244 e. The van der Waals surface area contributed by atoms with Crippen molar-refractivity contribution in [2.24, 2.45) is 0 Å². The third kappa shape index (κ3) is 8.75. The van der Waals surface area contributed by atoms with E-state index in [4.69, 9.17) is 11.6 Å². The van der Waals surface area contributed by atoms with Crippen molar-refractivity contribution >= 4 is 39.1 Å². The number of nitrogens with one attached hydrogen (secondary N) is 1. The maximum absolute atomic E-state index is 13.7. The lowest BCUT2D eigenvalue weighted by atomic mass is 9.87. The molecule has 2 amide bonds. The van der Waals surface area contributed by atoms with Gasteiger partial charge in [0.25, 0.3) is 0 Å². The fourth-order valence-electron chi connectivity index (χ4n) is 3.98. The van der Waals surface area contributed by atoms with Crippen molar-refractivity contribution in [2.45, 2.75) is 71.9 Å². The van der Waals surface area contributed by atoms with E-state index in [1.165, 1.54) is 4.90 Å². The molecule has 0 heterocycles. The monoisotopic (exact) mass is 549 g/mol. The second kappa shape index (κ2) is 13.3. The van der Waals surface area contributed by atoms with Crippen LogP contribution in [0.5, 0.6) is 0 Å². The minimum atomic E-state index is -3.79. The van der Waals surface area contributed by atoms with Crippen LogP contribution in [0.1, 0.15) is 65.0 Å². The molecule has 1 N–H and O–H groups in total. The molecule has 1 atom stereocenters. The molecule has 0 spiro atoms. The first-order valence-electron chi connectivity index (χ1n) is 12.7. The van der Waals surface area contributed by atoms with E-state index in [1.54, 1.807) is 30.3 Å². The van der Waals surface area contributed by atoms with Crippen LogP contribution in [0.3, 0.4) is 0 Å². The van der Waals surface area contributed by atoms with Crippen LogP contribution in [0.2, 0.25) is 5.02 Å². The topological polar surface area (TPSA) is 86.8 Å². The molecule has 2 aromatic carbocycles. The second-order valence-electron chi connectivity index (χ2n) is 10.2. The molecule has 0 fully saturated rings. The van der Waals surface area contributed by atoms with Crippen LogP contribution in [-0.2, 0) is 31.6 Å². The van der Waals surface area contributed by atoms with Gasteiger partial charge in [-0.05, 0) is 47.6 Å². The zero-order valence-electron chi connectivity index (χ0n) is 22.8. The largest absolute Gasteiger partial charge is 0.354 e. The highest BCUT2D eigenvalue weighted by atomic mass is 35.5. The number of hydrogen-bond acceptors (Lipinski definition) is 4. The third-order valence-corrected chi connectivity index (χ3v) is 7.72. The van der Waals surface area contributed by atoms with Gasteiger partial charge in [0.2, 0.25) is 21.8 Å². The quantitative estimate of drug-likeness (QED) is 0.372. The summed E-state index contributed by atoms with van der Waals surface area (Å²) in [5, 5.41) is 3.38. The molecule has 0 aliphatic carbocycles. The first kappa shape index (κ1) is 30.6. The number of hydrogen-bond donors (Lipinski definition) is 1. The van der Waals surface area contributed by atoms with Crippen LogP contribution in [0.25, 0.3) is 0 Å². The number of halogens is 1. The normalized spacial score (nSPS) is 12.6. The van der Waals surface area contributed by atoms with Gasteiger partial charge in [-0.2, -0.15) is 0 Å². The van der Waals surface area contributed by atoms with Gasteiger partial charge in [-0.25, -0.2) is 8.42 Å². The van der Waals surface area contributed by atoms with Crippen molar-refractivity contribution in [2.75, 3.05) is 23.7 Å². The molecule has 1 unspecified atom stereocenters. The van der Waals surface area contributed by atoms with Crippen LogP contribution in [0.4, 0.5) is 5.69 Å². The fourth-order valence-corrected chi connectivity index (χ4v) is 5.02. The van der Waals surface area contributed by atoms with Gasteiger partial charge < -0.3 is 10.2 Å². The molecule has 0 saturated heterocycles. The van der Waals surface area contributed by atoms with Crippen LogP contribution in [-0.4, -0.2) is 50.5 Å². The highest BCUT2D eigenvalue weighted by Crippen LogP contribution is 2.27. The number of carbonyl (C=O) groups excluding carboxylic acids is 2. The summed E-state index contributed by atoms with van der Waals surface area (Å²) in [6, 6.07) is 13.5. The average Bonchev–Trinajstić information content (AvgIpc) is 2.82. The van der Waals surface area contributed by atoms with E-state index in [1.807, 2.05) is 32.0 Å². The van der Waals surface area contributed by atoms with E-state index in [0.29, 0.717) is 29.2 Å². The second-order valence-corrected chi connectivity index (χ2v) is 12.6. The van der Waals surface area contributed by atoms with Gasteiger partial charge >= 0.3 is 0 Å². The lowest BCUT2D eigenvalue weighted by Crippen LogP contribution is -2.52. The molecule has 0 radical (unpaired) electrons. The van der Waals surface area contributed by atoms with Crippen molar-refractivity contribution in [3.05, 3.63) is 64.7 Å². The van der Waals surface area contributed by atoms with E-state index in [2.05, 4.69) is 26.1 Å². The zero-order chi connectivity index (χ0) is 27.8. The Kier molecular flexibility index (Phi) is 11.0. The molecule has 0 saturated carbocycles. The van der Waals surface area contributed by atoms with E-state index >= 15 is 0 Å². The number of amides is 2. The Morgan fingerprint density at radius 3 is 2.16 bits per heavy atom. The maximum Gasteiger partial charge on any atom is 0.244 e. The molecule has 37 heavy (non-hydrogen) atoms. The number of nitrogens with zero attached hydrogens (tertiary/aromatic N) is 2. The van der Waals surface area contributed by atoms with Crippen molar-refractivity contribution in [3.8, 4) is 0 Å². The van der Waals surface area contributed by atoms with Crippen molar-refractivity contribution < 1.29 is 18.0 Å². The summed E-state index contributed by atoms with van der Waals surface area (Å²) in [6.07, 6.45) is 3.20. The predicted molar refractivity (Wildman–Crippen MR) is 151 cm³/mol. The van der Waals surface area contributed by atoms with Gasteiger partial charge in [0, 0.05) is 18.1 Å². The minimum absolute atomic E-state index is 0.0821. The van der Waals surface area contributed by atoms with Crippen molar-refractivity contribution in [1.82, 2.24) is 10.2 Å². The highest BCUT2D eigenvalue weighted by molar-refractivity contribution is 7.92. The third-order valence-electron chi connectivity index (χ3n) is 6.21. The summed E-state index contributed by atoms with van der Waals surface area (Å²) in [7, 11) is -3.79. The highest BCUT2D eigenvalue weighted by Gasteiger charge is 2.32. The van der Waals surface area contributed by atoms with E-state index in [-0.39, 0.29) is 17.9 Å². The number of sulfonamides is 1. The Bertz CT molecular complexity index is 1160. The molecular weight excluding hydrogens is 510 g/mol. The van der Waals surface area contributed by atoms with Gasteiger partial charge in [-0.3, -0.25) is 13.9 Å². The molecule has 0 aliphatic rings. The minimum Gasteiger partial charge on any atom is -0.354 e. The molecule has 0 aliphatic heterocycles. The molecule has 204 valence electrons. The molecular formula is C28H40ClN3O4S. The van der Waals surface area contributed by atoms with E-state index in [0.717, 1.165) is 29.0 Å². The standard InChI is InChI=1S/C28H40ClN3O4S/c1-7-9-18-30-27(34)25(8-2)31(19-21-12-10-11-13-24(21)29)26(33)20-32(37(6,35)36)23-16-14-22(15-17-23)28(3,4)5/h10-17,25H,7-9,18-20H2,1-6H3,(H,30,34). The van der Waals surface area contributed by atoms with E-state index in [9.17, 15) is 18.0 Å². The first-order chi connectivity index (χ1) is 17.3. The predicted octanol–water partition coefficient (Wildman–Crippen LogP) is 5.13. The van der Waals surface area contributed by atoms with Gasteiger partial charge in [0.05, 0.1) is 11.9 Å². The molecule has 9 heteroatoms. The summed E-state index contributed by atoms with van der Waals surface area (Å²) >= 11 is 6.38. The number of carbonyl (C=O) groups is 2. The van der Waals surface area contributed by atoms with Crippen molar-refractivity contribution in [1.29, 1.82) is 0 Å². The Morgan fingerprint density at radius 1 is 1.03 bits per heavy atom. The molecule has 7 nitrogen and oxygen atoms in total. The first-order valence-corrected chi connectivity index (χ1v) is 14.9. The summed E-state index contributed by atoms with van der Waals surface area (Å²) < 4.78 is 26.7. The molecule has 2 rings (SSSR count). The van der Waals surface area contributed by atoms with Gasteiger partial charge in [-0.15, -0.1) is 0 Å². The average molecular weight is 550 g/mol. The maximum atomic E-state index is 13.7. The summed E-state index contributed by atoms with van der Waals surface area (Å²) in [5.74, 6) is -0.750. The van der Waals surface area contributed by atoms with E-state index < -0.39 is 28.5 Å².